The van der Waals surface area contributed by atoms with E-state index >= 15 is 0 Å². The maximum atomic E-state index is 10.5. The van der Waals surface area contributed by atoms with Crippen LogP contribution >= 0.6 is 0 Å². The molecule has 1 heterocycles. The van der Waals surface area contributed by atoms with E-state index in [0.717, 1.165) is 28.5 Å². The van der Waals surface area contributed by atoms with Crippen molar-refractivity contribution in [2.75, 3.05) is 0 Å². The molecule has 0 saturated carbocycles. The Morgan fingerprint density at radius 2 is 2.17 bits per heavy atom. The summed E-state index contributed by atoms with van der Waals surface area (Å²) in [6.07, 6.45) is 6.43. The third-order valence-corrected chi connectivity index (χ3v) is 2.61. The van der Waals surface area contributed by atoms with Gasteiger partial charge in [0.05, 0.1) is 11.9 Å². The summed E-state index contributed by atoms with van der Waals surface area (Å²) in [5.74, 6) is -0.952. The average molecular weight is 242 g/mol. The number of rotatable bonds is 3. The molecule has 0 saturated heterocycles. The van der Waals surface area contributed by atoms with Crippen molar-refractivity contribution in [3.8, 4) is 5.69 Å². The lowest BCUT2D eigenvalue weighted by molar-refractivity contribution is -0.131. The van der Waals surface area contributed by atoms with E-state index in [0.29, 0.717) is 0 Å². The number of hydrogen-bond acceptors (Lipinski definition) is 2. The van der Waals surface area contributed by atoms with Crippen molar-refractivity contribution in [3.63, 3.8) is 0 Å². The molecule has 4 heteroatoms. The van der Waals surface area contributed by atoms with Gasteiger partial charge < -0.3 is 5.11 Å². The first-order valence-electron chi connectivity index (χ1n) is 5.59. The zero-order valence-electron chi connectivity index (χ0n) is 10.3. The van der Waals surface area contributed by atoms with Crippen LogP contribution in [0, 0.1) is 13.8 Å². The third-order valence-electron chi connectivity index (χ3n) is 2.61. The van der Waals surface area contributed by atoms with Crippen molar-refractivity contribution in [2.24, 2.45) is 0 Å². The lowest BCUT2D eigenvalue weighted by atomic mass is 10.1. The van der Waals surface area contributed by atoms with Crippen molar-refractivity contribution in [1.82, 2.24) is 9.78 Å². The summed E-state index contributed by atoms with van der Waals surface area (Å²) in [5.41, 5.74) is 3.97. The molecule has 0 aliphatic rings. The fraction of sp³-hybridized carbons (Fsp3) is 0.143. The van der Waals surface area contributed by atoms with Crippen LogP contribution in [0.25, 0.3) is 11.8 Å². The van der Waals surface area contributed by atoms with Crippen molar-refractivity contribution < 1.29 is 9.90 Å². The van der Waals surface area contributed by atoms with Crippen molar-refractivity contribution in [3.05, 3.63) is 53.4 Å². The second-order valence-corrected chi connectivity index (χ2v) is 4.18. The summed E-state index contributed by atoms with van der Waals surface area (Å²) in [4.78, 5) is 10.5. The number of hydrogen-bond donors (Lipinski definition) is 1. The van der Waals surface area contributed by atoms with Gasteiger partial charge in [0.2, 0.25) is 0 Å². The Kier molecular flexibility index (Phi) is 3.28. The first-order chi connectivity index (χ1) is 8.56. The molecule has 0 fully saturated rings. The number of carbonyl (C=O) groups is 1. The SMILES string of the molecule is Cc1cnn(-c2cc(/C=C/C(=O)O)ccc2C)c1. The van der Waals surface area contributed by atoms with Crippen LogP contribution in [0.2, 0.25) is 0 Å². The number of aromatic nitrogens is 2. The Morgan fingerprint density at radius 3 is 2.78 bits per heavy atom. The Balaban J connectivity index is 2.41. The van der Waals surface area contributed by atoms with Crippen LogP contribution in [0.5, 0.6) is 0 Å². The van der Waals surface area contributed by atoms with Gasteiger partial charge in [0.25, 0.3) is 0 Å². The van der Waals surface area contributed by atoms with E-state index in [-0.39, 0.29) is 0 Å². The molecule has 4 nitrogen and oxygen atoms in total. The highest BCUT2D eigenvalue weighted by molar-refractivity contribution is 5.85. The minimum Gasteiger partial charge on any atom is -0.478 e. The molecule has 92 valence electrons. The highest BCUT2D eigenvalue weighted by Crippen LogP contribution is 2.17. The van der Waals surface area contributed by atoms with Crippen molar-refractivity contribution >= 4 is 12.0 Å². The lowest BCUT2D eigenvalue weighted by Gasteiger charge is -2.06. The monoisotopic (exact) mass is 242 g/mol. The maximum absolute atomic E-state index is 10.5. The molecule has 2 rings (SSSR count). The van der Waals surface area contributed by atoms with Crippen LogP contribution in [0.1, 0.15) is 16.7 Å². The van der Waals surface area contributed by atoms with E-state index < -0.39 is 5.97 Å². The Morgan fingerprint density at radius 1 is 1.39 bits per heavy atom. The Labute approximate surface area is 105 Å². The molecule has 0 amide bonds. The second-order valence-electron chi connectivity index (χ2n) is 4.18. The average Bonchev–Trinajstić information content (AvgIpc) is 2.74. The molecule has 2 aromatic rings. The Hall–Kier alpha value is -2.36. The zero-order chi connectivity index (χ0) is 13.1. The van der Waals surface area contributed by atoms with Gasteiger partial charge in [-0.05, 0) is 42.7 Å². The number of aliphatic carboxylic acids is 1. The van der Waals surface area contributed by atoms with Gasteiger partial charge in [0, 0.05) is 12.3 Å². The standard InChI is InChI=1S/C14H14N2O2/c1-10-8-15-16(9-10)13-7-12(4-3-11(13)2)5-6-14(17)18/h3-9H,1-2H3,(H,17,18)/b6-5+. The maximum Gasteiger partial charge on any atom is 0.328 e. The normalized spacial score (nSPS) is 11.0. The van der Waals surface area contributed by atoms with E-state index in [2.05, 4.69) is 5.10 Å². The predicted molar refractivity (Wildman–Crippen MR) is 69.7 cm³/mol. The number of carboxylic acid groups (broad SMARTS) is 1. The van der Waals surface area contributed by atoms with Gasteiger partial charge in [-0.1, -0.05) is 12.1 Å². The largest absolute Gasteiger partial charge is 0.478 e. The van der Waals surface area contributed by atoms with Crippen LogP contribution in [-0.4, -0.2) is 20.9 Å². The van der Waals surface area contributed by atoms with E-state index in [1.54, 1.807) is 17.0 Å². The summed E-state index contributed by atoms with van der Waals surface area (Å²) in [5, 5.41) is 12.9. The molecule has 0 aliphatic heterocycles. The lowest BCUT2D eigenvalue weighted by Crippen LogP contribution is -1.97. The Bertz CT molecular complexity index is 612. The molecule has 0 aliphatic carbocycles. The minimum atomic E-state index is -0.952. The molecule has 1 aromatic carbocycles. The number of nitrogens with zero attached hydrogens (tertiary/aromatic N) is 2. The molecule has 0 radical (unpaired) electrons. The second kappa shape index (κ2) is 4.87. The molecule has 18 heavy (non-hydrogen) atoms. The highest BCUT2D eigenvalue weighted by Gasteiger charge is 2.03. The number of aryl methyl sites for hydroxylation is 2. The van der Waals surface area contributed by atoms with Crippen LogP contribution in [0.4, 0.5) is 0 Å². The van der Waals surface area contributed by atoms with Crippen LogP contribution in [0.15, 0.2) is 36.7 Å². The highest BCUT2D eigenvalue weighted by atomic mass is 16.4. The first kappa shape index (κ1) is 12.1. The molecule has 0 unspecified atom stereocenters. The minimum absolute atomic E-state index is 0.839. The topological polar surface area (TPSA) is 55.1 Å². The zero-order valence-corrected chi connectivity index (χ0v) is 10.3. The van der Waals surface area contributed by atoms with E-state index in [1.165, 1.54) is 0 Å². The summed E-state index contributed by atoms with van der Waals surface area (Å²) >= 11 is 0. The molecular weight excluding hydrogens is 228 g/mol. The summed E-state index contributed by atoms with van der Waals surface area (Å²) in [6.45, 7) is 3.98. The van der Waals surface area contributed by atoms with Crippen molar-refractivity contribution in [2.45, 2.75) is 13.8 Å². The smallest absolute Gasteiger partial charge is 0.328 e. The van der Waals surface area contributed by atoms with Gasteiger partial charge in [-0.2, -0.15) is 5.10 Å². The molecule has 0 spiro atoms. The molecule has 1 N–H and O–H groups in total. The van der Waals surface area contributed by atoms with Gasteiger partial charge >= 0.3 is 5.97 Å². The molecule has 0 atom stereocenters. The van der Waals surface area contributed by atoms with E-state index in [1.807, 2.05) is 38.2 Å². The molecular formula is C14H14N2O2. The summed E-state index contributed by atoms with van der Waals surface area (Å²) in [7, 11) is 0. The van der Waals surface area contributed by atoms with Crippen LogP contribution in [0.3, 0.4) is 0 Å². The number of carboxylic acids is 1. The predicted octanol–water partition coefficient (Wildman–Crippen LogP) is 2.59. The quantitative estimate of drug-likeness (QED) is 0.842. The van der Waals surface area contributed by atoms with Crippen LogP contribution in [-0.2, 0) is 4.79 Å². The molecule has 1 aromatic heterocycles. The molecule has 0 bridgehead atoms. The van der Waals surface area contributed by atoms with Gasteiger partial charge in [0.15, 0.2) is 0 Å². The van der Waals surface area contributed by atoms with Crippen LogP contribution < -0.4 is 0 Å². The van der Waals surface area contributed by atoms with E-state index in [4.69, 9.17) is 5.11 Å². The van der Waals surface area contributed by atoms with Gasteiger partial charge in [0.1, 0.15) is 0 Å². The fourth-order valence-corrected chi connectivity index (χ4v) is 1.69. The first-order valence-corrected chi connectivity index (χ1v) is 5.59. The van der Waals surface area contributed by atoms with Gasteiger partial charge in [-0.25, -0.2) is 9.48 Å². The number of benzene rings is 1. The summed E-state index contributed by atoms with van der Waals surface area (Å²) < 4.78 is 1.79. The third kappa shape index (κ3) is 2.66. The van der Waals surface area contributed by atoms with Gasteiger partial charge in [-0.3, -0.25) is 0 Å². The summed E-state index contributed by atoms with van der Waals surface area (Å²) in [6, 6.07) is 5.75. The van der Waals surface area contributed by atoms with E-state index in [9.17, 15) is 4.79 Å². The van der Waals surface area contributed by atoms with Crippen molar-refractivity contribution in [1.29, 1.82) is 0 Å². The fourth-order valence-electron chi connectivity index (χ4n) is 1.69. The van der Waals surface area contributed by atoms with Gasteiger partial charge in [-0.15, -0.1) is 0 Å².